The fourth-order valence-corrected chi connectivity index (χ4v) is 4.19. The van der Waals surface area contributed by atoms with Crippen molar-refractivity contribution in [1.29, 1.82) is 0 Å². The topological polar surface area (TPSA) is 29.3 Å². The average molecular weight is 252 g/mol. The van der Waals surface area contributed by atoms with E-state index in [1.165, 1.54) is 51.6 Å². The number of piperidine rings is 1. The second-order valence-corrected chi connectivity index (χ2v) is 7.37. The van der Waals surface area contributed by atoms with Crippen molar-refractivity contribution in [3.05, 3.63) is 0 Å². The van der Waals surface area contributed by atoms with Gasteiger partial charge in [0.05, 0.1) is 0 Å². The standard InChI is InChI=1S/C16H32N2/c1-13-5-4-8-16(9-13,11-17)12-18-10-14(2)6-7-15(18)3/h13-15H,4-12,17H2,1-3H3. The minimum Gasteiger partial charge on any atom is -0.330 e. The number of likely N-dealkylation sites (tertiary alicyclic amines) is 1. The van der Waals surface area contributed by atoms with Crippen molar-refractivity contribution in [1.82, 2.24) is 4.90 Å². The van der Waals surface area contributed by atoms with E-state index in [1.54, 1.807) is 0 Å². The summed E-state index contributed by atoms with van der Waals surface area (Å²) < 4.78 is 0. The summed E-state index contributed by atoms with van der Waals surface area (Å²) >= 11 is 0. The molecule has 0 amide bonds. The zero-order valence-electron chi connectivity index (χ0n) is 12.6. The fourth-order valence-electron chi connectivity index (χ4n) is 4.19. The molecule has 2 N–H and O–H groups in total. The van der Waals surface area contributed by atoms with E-state index in [0.29, 0.717) is 5.41 Å². The van der Waals surface area contributed by atoms with E-state index in [0.717, 1.165) is 24.4 Å². The van der Waals surface area contributed by atoms with Crippen molar-refractivity contribution in [3.8, 4) is 0 Å². The lowest BCUT2D eigenvalue weighted by Gasteiger charge is -2.46. The molecule has 0 radical (unpaired) electrons. The van der Waals surface area contributed by atoms with Gasteiger partial charge in [-0.2, -0.15) is 0 Å². The fraction of sp³-hybridized carbons (Fsp3) is 1.00. The van der Waals surface area contributed by atoms with Crippen LogP contribution in [0.25, 0.3) is 0 Å². The van der Waals surface area contributed by atoms with Crippen LogP contribution in [0.2, 0.25) is 0 Å². The van der Waals surface area contributed by atoms with Gasteiger partial charge in [0.25, 0.3) is 0 Å². The van der Waals surface area contributed by atoms with Gasteiger partial charge in [-0.25, -0.2) is 0 Å². The number of nitrogens with zero attached hydrogens (tertiary/aromatic N) is 1. The summed E-state index contributed by atoms with van der Waals surface area (Å²) in [7, 11) is 0. The molecule has 2 rings (SSSR count). The third-order valence-corrected chi connectivity index (χ3v) is 5.40. The van der Waals surface area contributed by atoms with Crippen LogP contribution in [0.1, 0.15) is 59.3 Å². The van der Waals surface area contributed by atoms with Crippen LogP contribution in [0.4, 0.5) is 0 Å². The summed E-state index contributed by atoms with van der Waals surface area (Å²) in [5, 5.41) is 0. The Morgan fingerprint density at radius 2 is 1.89 bits per heavy atom. The van der Waals surface area contributed by atoms with E-state index in [-0.39, 0.29) is 0 Å². The SMILES string of the molecule is CC1CCC(C)N(CC2(CN)CCCC(C)C2)C1. The number of hydrogen-bond donors (Lipinski definition) is 1. The van der Waals surface area contributed by atoms with Gasteiger partial charge < -0.3 is 5.73 Å². The zero-order chi connectivity index (χ0) is 13.2. The van der Waals surface area contributed by atoms with Gasteiger partial charge >= 0.3 is 0 Å². The Balaban J connectivity index is 2.00. The van der Waals surface area contributed by atoms with Crippen LogP contribution in [0, 0.1) is 17.3 Å². The van der Waals surface area contributed by atoms with Gasteiger partial charge in [0.1, 0.15) is 0 Å². The maximum atomic E-state index is 6.17. The van der Waals surface area contributed by atoms with Crippen molar-refractivity contribution in [2.45, 2.75) is 65.3 Å². The Hall–Kier alpha value is -0.0800. The van der Waals surface area contributed by atoms with Crippen LogP contribution in [0.5, 0.6) is 0 Å². The molecule has 2 fully saturated rings. The van der Waals surface area contributed by atoms with Crippen molar-refractivity contribution < 1.29 is 0 Å². The molecule has 1 aliphatic carbocycles. The molecule has 106 valence electrons. The Kier molecular flexibility index (Phi) is 4.71. The second kappa shape index (κ2) is 5.92. The molecule has 0 aromatic carbocycles. The Bertz CT molecular complexity index is 266. The quantitative estimate of drug-likeness (QED) is 0.835. The molecule has 1 aliphatic heterocycles. The summed E-state index contributed by atoms with van der Waals surface area (Å²) in [6.45, 7) is 10.6. The first-order valence-corrected chi connectivity index (χ1v) is 7.99. The van der Waals surface area contributed by atoms with E-state index in [1.807, 2.05) is 0 Å². The largest absolute Gasteiger partial charge is 0.330 e. The van der Waals surface area contributed by atoms with Crippen molar-refractivity contribution in [3.63, 3.8) is 0 Å². The Labute approximate surface area is 113 Å². The van der Waals surface area contributed by atoms with Gasteiger partial charge in [-0.1, -0.05) is 26.7 Å². The predicted molar refractivity (Wildman–Crippen MR) is 78.6 cm³/mol. The Morgan fingerprint density at radius 3 is 2.56 bits per heavy atom. The smallest absolute Gasteiger partial charge is 0.00673 e. The first-order chi connectivity index (χ1) is 8.54. The number of nitrogens with two attached hydrogens (primary N) is 1. The highest BCUT2D eigenvalue weighted by Gasteiger charge is 2.37. The summed E-state index contributed by atoms with van der Waals surface area (Å²) in [6.07, 6.45) is 8.28. The van der Waals surface area contributed by atoms with Gasteiger partial charge in [0.2, 0.25) is 0 Å². The van der Waals surface area contributed by atoms with Crippen molar-refractivity contribution >= 4 is 0 Å². The maximum Gasteiger partial charge on any atom is 0.00673 e. The highest BCUT2D eigenvalue weighted by atomic mass is 15.2. The molecule has 2 nitrogen and oxygen atoms in total. The molecule has 0 aromatic rings. The summed E-state index contributed by atoms with van der Waals surface area (Å²) in [4.78, 5) is 2.74. The molecule has 1 saturated carbocycles. The lowest BCUT2D eigenvalue weighted by molar-refractivity contribution is 0.0381. The van der Waals surface area contributed by atoms with Crippen LogP contribution in [0.3, 0.4) is 0 Å². The van der Waals surface area contributed by atoms with Crippen molar-refractivity contribution in [2.75, 3.05) is 19.6 Å². The van der Waals surface area contributed by atoms with Crippen LogP contribution in [-0.2, 0) is 0 Å². The molecule has 1 heterocycles. The van der Waals surface area contributed by atoms with E-state index in [9.17, 15) is 0 Å². The molecule has 0 spiro atoms. The molecule has 1 saturated heterocycles. The Morgan fingerprint density at radius 1 is 1.11 bits per heavy atom. The number of hydrogen-bond acceptors (Lipinski definition) is 2. The monoisotopic (exact) mass is 252 g/mol. The highest BCUT2D eigenvalue weighted by molar-refractivity contribution is 4.91. The minimum absolute atomic E-state index is 0.420. The van der Waals surface area contributed by atoms with E-state index < -0.39 is 0 Å². The van der Waals surface area contributed by atoms with Crippen LogP contribution in [0.15, 0.2) is 0 Å². The second-order valence-electron chi connectivity index (χ2n) is 7.37. The summed E-state index contributed by atoms with van der Waals surface area (Å²) in [5.74, 6) is 1.75. The van der Waals surface area contributed by atoms with Gasteiger partial charge in [-0.05, 0) is 56.4 Å². The van der Waals surface area contributed by atoms with Crippen molar-refractivity contribution in [2.24, 2.45) is 23.0 Å². The predicted octanol–water partition coefficient (Wildman–Crippen LogP) is 3.26. The number of rotatable bonds is 3. The average Bonchev–Trinajstić information content (AvgIpc) is 2.34. The normalized spacial score (nSPS) is 43.0. The first kappa shape index (κ1) is 14.3. The molecule has 4 unspecified atom stereocenters. The molecule has 0 bridgehead atoms. The molecule has 0 aromatic heterocycles. The highest BCUT2D eigenvalue weighted by Crippen LogP contribution is 2.40. The third kappa shape index (κ3) is 3.27. The van der Waals surface area contributed by atoms with Gasteiger partial charge in [0, 0.05) is 19.1 Å². The van der Waals surface area contributed by atoms with E-state index >= 15 is 0 Å². The molecule has 2 aliphatic rings. The van der Waals surface area contributed by atoms with Crippen LogP contribution in [-0.4, -0.2) is 30.6 Å². The van der Waals surface area contributed by atoms with Gasteiger partial charge in [0.15, 0.2) is 0 Å². The van der Waals surface area contributed by atoms with Crippen LogP contribution < -0.4 is 5.73 Å². The molecular weight excluding hydrogens is 220 g/mol. The zero-order valence-corrected chi connectivity index (χ0v) is 12.6. The summed E-state index contributed by atoms with van der Waals surface area (Å²) in [5.41, 5.74) is 6.59. The molecule has 4 atom stereocenters. The molecular formula is C16H32N2. The molecule has 2 heteroatoms. The molecule has 18 heavy (non-hydrogen) atoms. The van der Waals surface area contributed by atoms with E-state index in [4.69, 9.17) is 5.73 Å². The van der Waals surface area contributed by atoms with E-state index in [2.05, 4.69) is 25.7 Å². The summed E-state index contributed by atoms with van der Waals surface area (Å²) in [6, 6.07) is 0.766. The van der Waals surface area contributed by atoms with Gasteiger partial charge in [-0.15, -0.1) is 0 Å². The third-order valence-electron chi connectivity index (χ3n) is 5.40. The lowest BCUT2D eigenvalue weighted by atomic mass is 9.69. The minimum atomic E-state index is 0.420. The van der Waals surface area contributed by atoms with Crippen LogP contribution >= 0.6 is 0 Å². The lowest BCUT2D eigenvalue weighted by Crippen LogP contribution is -2.50. The maximum absolute atomic E-state index is 6.17. The first-order valence-electron chi connectivity index (χ1n) is 7.99. The van der Waals surface area contributed by atoms with Gasteiger partial charge in [-0.3, -0.25) is 4.90 Å².